The van der Waals surface area contributed by atoms with Crippen LogP contribution in [0.3, 0.4) is 0 Å². The predicted molar refractivity (Wildman–Crippen MR) is 45.5 cm³/mol. The molecule has 6 heteroatoms. The molecule has 0 fully saturated rings. The van der Waals surface area contributed by atoms with E-state index in [0.717, 1.165) is 0 Å². The molecule has 0 aromatic heterocycles. The molecule has 0 heterocycles. The van der Waals surface area contributed by atoms with E-state index >= 15 is 0 Å². The van der Waals surface area contributed by atoms with Crippen LogP contribution in [-0.2, 0) is 18.1 Å². The smallest absolute Gasteiger partial charge is 0.372 e. The molecule has 12 heavy (non-hydrogen) atoms. The Morgan fingerprint density at radius 1 is 1.25 bits per heavy atom. The van der Waals surface area contributed by atoms with Crippen molar-refractivity contribution in [1.29, 1.82) is 0 Å². The van der Waals surface area contributed by atoms with E-state index in [-0.39, 0.29) is 18.4 Å². The Hall–Kier alpha value is -0.273. The predicted octanol–water partition coefficient (Wildman–Crippen LogP) is -0.678. The molecule has 0 unspecified atom stereocenters. The number of nitrogens with two attached hydrogens (primary N) is 1. The fourth-order valence-electron chi connectivity index (χ4n) is 0.876. The van der Waals surface area contributed by atoms with Crippen molar-refractivity contribution in [2.45, 2.75) is 6.42 Å². The highest BCUT2D eigenvalue weighted by Crippen LogP contribution is 2.08. The number of rotatable bonds is 6. The van der Waals surface area contributed by atoms with Crippen molar-refractivity contribution in [3.05, 3.63) is 0 Å². The minimum atomic E-state index is -3.06. The number of hydrogen-bond acceptors (Lipinski definition) is 5. The Labute approximate surface area is 73.2 Å². The van der Waals surface area contributed by atoms with Crippen molar-refractivity contribution < 1.29 is 18.1 Å². The van der Waals surface area contributed by atoms with Crippen molar-refractivity contribution in [3.63, 3.8) is 0 Å². The molecular formula is C6H15NO4Si. The highest BCUT2D eigenvalue weighted by atomic mass is 28.4. The summed E-state index contributed by atoms with van der Waals surface area (Å²) >= 11 is 0. The van der Waals surface area contributed by atoms with Gasteiger partial charge in [0.2, 0.25) is 5.41 Å². The van der Waals surface area contributed by atoms with Crippen LogP contribution in [-0.4, -0.2) is 42.1 Å². The van der Waals surface area contributed by atoms with Crippen LogP contribution < -0.4 is 5.73 Å². The average molecular weight is 193 g/mol. The minimum absolute atomic E-state index is 0.183. The summed E-state index contributed by atoms with van der Waals surface area (Å²) in [5.41, 5.74) is 5.22. The Kier molecular flexibility index (Phi) is 5.26. The second-order valence-corrected chi connectivity index (χ2v) is 5.03. The first kappa shape index (κ1) is 11.7. The molecule has 0 saturated heterocycles. The van der Waals surface area contributed by atoms with Gasteiger partial charge in [0.15, 0.2) is 0 Å². The number of hydrogen-bond donors (Lipinski definition) is 1. The molecule has 0 atom stereocenters. The fourth-order valence-corrected chi connectivity index (χ4v) is 2.51. The zero-order valence-corrected chi connectivity index (χ0v) is 8.62. The van der Waals surface area contributed by atoms with Gasteiger partial charge >= 0.3 is 8.80 Å². The third-order valence-electron chi connectivity index (χ3n) is 1.52. The highest BCUT2D eigenvalue weighted by Gasteiger charge is 2.46. The van der Waals surface area contributed by atoms with Crippen LogP contribution in [0.15, 0.2) is 0 Å². The molecule has 0 rings (SSSR count). The zero-order valence-electron chi connectivity index (χ0n) is 7.62. The lowest BCUT2D eigenvalue weighted by Gasteiger charge is -2.21. The summed E-state index contributed by atoms with van der Waals surface area (Å²) < 4.78 is 14.8. The summed E-state index contributed by atoms with van der Waals surface area (Å²) in [7, 11) is 1.13. The van der Waals surface area contributed by atoms with Crippen LogP contribution in [0, 0.1) is 0 Å². The molecule has 0 aliphatic heterocycles. The zero-order chi connectivity index (χ0) is 9.61. The van der Waals surface area contributed by atoms with Crippen molar-refractivity contribution in [3.8, 4) is 0 Å². The van der Waals surface area contributed by atoms with Gasteiger partial charge in [0.1, 0.15) is 0 Å². The van der Waals surface area contributed by atoms with Crippen molar-refractivity contribution >= 4 is 14.2 Å². The Morgan fingerprint density at radius 3 is 1.92 bits per heavy atom. The number of carbonyl (C=O) groups excluding carboxylic acids is 1. The van der Waals surface area contributed by atoms with E-state index in [1.165, 1.54) is 21.3 Å². The normalized spacial score (nSPS) is 11.7. The topological polar surface area (TPSA) is 70.8 Å². The Morgan fingerprint density at radius 2 is 1.67 bits per heavy atom. The maximum Gasteiger partial charge on any atom is 0.574 e. The highest BCUT2D eigenvalue weighted by molar-refractivity contribution is 6.92. The molecule has 0 bridgehead atoms. The molecule has 5 nitrogen and oxygen atoms in total. The van der Waals surface area contributed by atoms with Crippen molar-refractivity contribution in [2.75, 3.05) is 27.9 Å². The molecule has 0 spiro atoms. The second-order valence-electron chi connectivity index (χ2n) is 2.13. The molecule has 0 aliphatic carbocycles. The largest absolute Gasteiger partial charge is 0.574 e. The summed E-state index contributed by atoms with van der Waals surface area (Å²) in [6, 6.07) is 0. The van der Waals surface area contributed by atoms with Crippen LogP contribution in [0.25, 0.3) is 0 Å². The third kappa shape index (κ3) is 2.36. The molecule has 0 amide bonds. The van der Waals surface area contributed by atoms with Crippen LogP contribution in [0.1, 0.15) is 6.42 Å². The van der Waals surface area contributed by atoms with Gasteiger partial charge in [0, 0.05) is 27.8 Å². The first-order chi connectivity index (χ1) is 5.66. The second kappa shape index (κ2) is 5.39. The quantitative estimate of drug-likeness (QED) is 0.566. The molecular weight excluding hydrogens is 178 g/mol. The van der Waals surface area contributed by atoms with E-state index in [1.807, 2.05) is 0 Å². The van der Waals surface area contributed by atoms with E-state index in [1.54, 1.807) is 0 Å². The standard InChI is InChI=1S/C6H15NO4Si/c1-9-12(10-2,11-3)6(8)4-5-7/h4-5,7H2,1-3H3. The monoisotopic (exact) mass is 193 g/mol. The van der Waals surface area contributed by atoms with Crippen molar-refractivity contribution in [2.24, 2.45) is 5.73 Å². The maximum absolute atomic E-state index is 11.4. The summed E-state index contributed by atoms with van der Waals surface area (Å²) in [5, 5.41) is -0.183. The van der Waals surface area contributed by atoms with E-state index < -0.39 is 8.80 Å². The van der Waals surface area contributed by atoms with E-state index in [0.29, 0.717) is 0 Å². The maximum atomic E-state index is 11.4. The van der Waals surface area contributed by atoms with Crippen LogP contribution >= 0.6 is 0 Å². The Balaban J connectivity index is 4.36. The third-order valence-corrected chi connectivity index (χ3v) is 4.06. The lowest BCUT2D eigenvalue weighted by atomic mass is 10.5. The van der Waals surface area contributed by atoms with Gasteiger partial charge in [-0.15, -0.1) is 0 Å². The summed E-state index contributed by atoms with van der Waals surface area (Å²) in [5.74, 6) is 0. The molecule has 2 N–H and O–H groups in total. The Bertz CT molecular complexity index is 140. The van der Waals surface area contributed by atoms with Gasteiger partial charge in [-0.2, -0.15) is 0 Å². The van der Waals surface area contributed by atoms with Crippen LogP contribution in [0.4, 0.5) is 0 Å². The van der Waals surface area contributed by atoms with Gasteiger partial charge < -0.3 is 19.0 Å². The van der Waals surface area contributed by atoms with E-state index in [2.05, 4.69) is 0 Å². The average Bonchev–Trinajstić information content (AvgIpc) is 2.09. The van der Waals surface area contributed by atoms with Gasteiger partial charge in [0.25, 0.3) is 0 Å². The van der Waals surface area contributed by atoms with Gasteiger partial charge in [-0.25, -0.2) is 0 Å². The number of carbonyl (C=O) groups is 1. The van der Waals surface area contributed by atoms with Gasteiger partial charge in [-0.3, -0.25) is 4.79 Å². The lowest BCUT2D eigenvalue weighted by molar-refractivity contribution is -0.118. The van der Waals surface area contributed by atoms with Crippen LogP contribution in [0.5, 0.6) is 0 Å². The van der Waals surface area contributed by atoms with Crippen LogP contribution in [0.2, 0.25) is 0 Å². The fraction of sp³-hybridized carbons (Fsp3) is 0.833. The summed E-state index contributed by atoms with van der Waals surface area (Å²) in [6.45, 7) is 0.281. The minimum Gasteiger partial charge on any atom is -0.372 e. The lowest BCUT2D eigenvalue weighted by Crippen LogP contribution is -2.52. The van der Waals surface area contributed by atoms with Gasteiger partial charge in [0.05, 0.1) is 0 Å². The molecule has 72 valence electrons. The van der Waals surface area contributed by atoms with E-state index in [9.17, 15) is 4.79 Å². The molecule has 0 aliphatic rings. The molecule has 0 aromatic carbocycles. The van der Waals surface area contributed by atoms with Gasteiger partial charge in [-0.1, -0.05) is 0 Å². The molecule has 0 aromatic rings. The molecule has 0 saturated carbocycles. The SMILES string of the molecule is CO[Si](OC)(OC)C(=O)CCN. The first-order valence-electron chi connectivity index (χ1n) is 3.55. The summed E-state index contributed by atoms with van der Waals surface area (Å²) in [6.07, 6.45) is 0.224. The van der Waals surface area contributed by atoms with Gasteiger partial charge in [-0.05, 0) is 6.54 Å². The van der Waals surface area contributed by atoms with Crippen molar-refractivity contribution in [1.82, 2.24) is 0 Å². The molecule has 0 radical (unpaired) electrons. The summed E-state index contributed by atoms with van der Waals surface area (Å²) in [4.78, 5) is 11.4. The van der Waals surface area contributed by atoms with E-state index in [4.69, 9.17) is 19.0 Å². The first-order valence-corrected chi connectivity index (χ1v) is 5.28.